The Labute approximate surface area is 122 Å². The maximum atomic E-state index is 12.0. The van der Waals surface area contributed by atoms with Gasteiger partial charge in [-0.1, -0.05) is 18.2 Å². The number of rotatable bonds is 5. The number of amides is 1. The number of aromatic nitrogens is 1. The van der Waals surface area contributed by atoms with Crippen molar-refractivity contribution >= 4 is 18.0 Å². The Morgan fingerprint density at radius 3 is 2.57 bits per heavy atom. The fraction of sp³-hybridized carbons (Fsp3) is 0.0625. The molecule has 1 aromatic heterocycles. The lowest BCUT2D eigenvalue weighted by molar-refractivity contribution is -0.131. The molecule has 1 aromatic carbocycles. The van der Waals surface area contributed by atoms with E-state index in [-0.39, 0.29) is 5.91 Å². The van der Waals surface area contributed by atoms with Crippen molar-refractivity contribution in [3.05, 3.63) is 71.6 Å². The number of carbonyl (C=O) groups is 2. The molecule has 0 atom stereocenters. The van der Waals surface area contributed by atoms with Crippen molar-refractivity contribution in [3.63, 3.8) is 0 Å². The van der Waals surface area contributed by atoms with Gasteiger partial charge in [0.25, 0.3) is 5.91 Å². The third-order valence-electron chi connectivity index (χ3n) is 2.77. The highest BCUT2D eigenvalue weighted by Crippen LogP contribution is 2.07. The monoisotopic (exact) mass is 282 g/mol. The molecule has 0 fully saturated rings. The lowest BCUT2D eigenvalue weighted by atomic mass is 10.1. The molecule has 21 heavy (non-hydrogen) atoms. The fourth-order valence-electron chi connectivity index (χ4n) is 1.70. The zero-order valence-electron chi connectivity index (χ0n) is 11.2. The topological polar surface area (TPSA) is 79.3 Å². The van der Waals surface area contributed by atoms with Crippen LogP contribution >= 0.6 is 0 Å². The van der Waals surface area contributed by atoms with E-state index in [9.17, 15) is 9.59 Å². The van der Waals surface area contributed by atoms with Gasteiger partial charge in [-0.3, -0.25) is 9.78 Å². The van der Waals surface area contributed by atoms with Crippen molar-refractivity contribution in [2.75, 3.05) is 0 Å². The quantitative estimate of drug-likeness (QED) is 0.823. The second kappa shape index (κ2) is 7.00. The third kappa shape index (κ3) is 4.58. The van der Waals surface area contributed by atoms with Crippen LogP contribution in [0.3, 0.4) is 0 Å². The highest BCUT2D eigenvalue weighted by molar-refractivity contribution is 5.94. The van der Waals surface area contributed by atoms with Crippen molar-refractivity contribution in [2.45, 2.75) is 6.54 Å². The molecule has 0 bridgehead atoms. The van der Waals surface area contributed by atoms with E-state index in [1.165, 1.54) is 6.08 Å². The SMILES string of the molecule is O=C(O)C=Cc1ccc(C(=O)NCc2cccnc2)cc1. The van der Waals surface area contributed by atoms with Crippen LogP contribution in [0.15, 0.2) is 54.9 Å². The minimum absolute atomic E-state index is 0.187. The molecule has 0 aliphatic heterocycles. The van der Waals surface area contributed by atoms with E-state index in [1.807, 2.05) is 12.1 Å². The number of benzene rings is 1. The van der Waals surface area contributed by atoms with Crippen LogP contribution in [-0.2, 0) is 11.3 Å². The molecule has 0 unspecified atom stereocenters. The average molecular weight is 282 g/mol. The summed E-state index contributed by atoms with van der Waals surface area (Å²) in [6.45, 7) is 0.410. The van der Waals surface area contributed by atoms with Gasteiger partial charge in [0.1, 0.15) is 0 Å². The lowest BCUT2D eigenvalue weighted by Gasteiger charge is -2.05. The van der Waals surface area contributed by atoms with Gasteiger partial charge in [0, 0.05) is 30.6 Å². The molecule has 0 aliphatic carbocycles. The van der Waals surface area contributed by atoms with Crippen LogP contribution in [0.2, 0.25) is 0 Å². The average Bonchev–Trinajstić information content (AvgIpc) is 2.52. The molecule has 5 nitrogen and oxygen atoms in total. The number of hydrogen-bond acceptors (Lipinski definition) is 3. The molecule has 1 amide bonds. The molecule has 2 rings (SSSR count). The van der Waals surface area contributed by atoms with E-state index < -0.39 is 5.97 Å². The minimum Gasteiger partial charge on any atom is -0.478 e. The van der Waals surface area contributed by atoms with Gasteiger partial charge in [-0.2, -0.15) is 0 Å². The summed E-state index contributed by atoms with van der Waals surface area (Å²) < 4.78 is 0. The van der Waals surface area contributed by atoms with Crippen molar-refractivity contribution < 1.29 is 14.7 Å². The molecule has 0 spiro atoms. The van der Waals surface area contributed by atoms with Gasteiger partial charge in [-0.25, -0.2) is 4.79 Å². The Hall–Kier alpha value is -2.95. The molecule has 106 valence electrons. The van der Waals surface area contributed by atoms with E-state index in [2.05, 4.69) is 10.3 Å². The highest BCUT2D eigenvalue weighted by atomic mass is 16.4. The van der Waals surface area contributed by atoms with Crippen molar-refractivity contribution in [3.8, 4) is 0 Å². The lowest BCUT2D eigenvalue weighted by Crippen LogP contribution is -2.22. The summed E-state index contributed by atoms with van der Waals surface area (Å²) in [5.41, 5.74) is 2.17. The first kappa shape index (κ1) is 14.5. The summed E-state index contributed by atoms with van der Waals surface area (Å²) in [7, 11) is 0. The second-order valence-electron chi connectivity index (χ2n) is 4.34. The van der Waals surface area contributed by atoms with E-state index in [1.54, 1.807) is 36.7 Å². The minimum atomic E-state index is -1.01. The number of aliphatic carboxylic acids is 1. The zero-order chi connectivity index (χ0) is 15.1. The van der Waals surface area contributed by atoms with Crippen LogP contribution in [0.5, 0.6) is 0 Å². The predicted octanol–water partition coefficient (Wildman–Crippen LogP) is 2.11. The number of nitrogens with zero attached hydrogens (tertiary/aromatic N) is 1. The first-order valence-electron chi connectivity index (χ1n) is 6.33. The summed E-state index contributed by atoms with van der Waals surface area (Å²) in [5, 5.41) is 11.3. The van der Waals surface area contributed by atoms with Gasteiger partial charge in [0.05, 0.1) is 0 Å². The molecule has 0 saturated carbocycles. The smallest absolute Gasteiger partial charge is 0.328 e. The number of carboxylic acid groups (broad SMARTS) is 1. The van der Waals surface area contributed by atoms with E-state index >= 15 is 0 Å². The van der Waals surface area contributed by atoms with Crippen LogP contribution in [0.4, 0.5) is 0 Å². The molecule has 0 aliphatic rings. The van der Waals surface area contributed by atoms with Gasteiger partial charge in [0.15, 0.2) is 0 Å². The summed E-state index contributed by atoms with van der Waals surface area (Å²) in [6, 6.07) is 10.4. The van der Waals surface area contributed by atoms with Gasteiger partial charge >= 0.3 is 5.97 Å². The Balaban J connectivity index is 1.95. The molecule has 0 saturated heterocycles. The number of hydrogen-bond donors (Lipinski definition) is 2. The highest BCUT2D eigenvalue weighted by Gasteiger charge is 2.04. The fourth-order valence-corrected chi connectivity index (χ4v) is 1.70. The summed E-state index contributed by atoms with van der Waals surface area (Å²) in [6.07, 6.45) is 5.89. The number of carbonyl (C=O) groups excluding carboxylic acids is 1. The van der Waals surface area contributed by atoms with Crippen LogP contribution in [0.1, 0.15) is 21.5 Å². The first-order valence-corrected chi connectivity index (χ1v) is 6.33. The van der Waals surface area contributed by atoms with E-state index in [4.69, 9.17) is 5.11 Å². The zero-order valence-corrected chi connectivity index (χ0v) is 11.2. The second-order valence-corrected chi connectivity index (χ2v) is 4.34. The molecule has 0 radical (unpaired) electrons. The third-order valence-corrected chi connectivity index (χ3v) is 2.77. The van der Waals surface area contributed by atoms with E-state index in [0.29, 0.717) is 12.1 Å². The van der Waals surface area contributed by atoms with E-state index in [0.717, 1.165) is 17.2 Å². The molecule has 5 heteroatoms. The van der Waals surface area contributed by atoms with Crippen LogP contribution < -0.4 is 5.32 Å². The molecule has 2 N–H and O–H groups in total. The maximum Gasteiger partial charge on any atom is 0.328 e. The van der Waals surface area contributed by atoms with Crippen LogP contribution in [-0.4, -0.2) is 22.0 Å². The first-order chi connectivity index (χ1) is 10.1. The van der Waals surface area contributed by atoms with Gasteiger partial charge in [0.2, 0.25) is 0 Å². The normalized spacial score (nSPS) is 10.5. The van der Waals surface area contributed by atoms with Crippen LogP contribution in [0, 0.1) is 0 Å². The predicted molar refractivity (Wildman–Crippen MR) is 78.5 cm³/mol. The Morgan fingerprint density at radius 1 is 1.19 bits per heavy atom. The molecular weight excluding hydrogens is 268 g/mol. The number of carboxylic acids is 1. The van der Waals surface area contributed by atoms with Gasteiger partial charge < -0.3 is 10.4 Å². The summed E-state index contributed by atoms with van der Waals surface area (Å²) in [4.78, 5) is 26.3. The molecule has 2 aromatic rings. The van der Waals surface area contributed by atoms with Crippen molar-refractivity contribution in [2.24, 2.45) is 0 Å². The Morgan fingerprint density at radius 2 is 1.95 bits per heavy atom. The Kier molecular flexibility index (Phi) is 4.82. The van der Waals surface area contributed by atoms with Crippen molar-refractivity contribution in [1.82, 2.24) is 10.3 Å². The largest absolute Gasteiger partial charge is 0.478 e. The molecular formula is C16H14N2O3. The standard InChI is InChI=1S/C16H14N2O3/c19-15(20)8-5-12-3-6-14(7-4-12)16(21)18-11-13-2-1-9-17-10-13/h1-10H,11H2,(H,18,21)(H,19,20). The Bertz CT molecular complexity index is 649. The van der Waals surface area contributed by atoms with Crippen molar-refractivity contribution in [1.29, 1.82) is 0 Å². The maximum absolute atomic E-state index is 12.0. The number of pyridine rings is 1. The summed E-state index contributed by atoms with van der Waals surface area (Å²) >= 11 is 0. The molecule has 1 heterocycles. The van der Waals surface area contributed by atoms with Gasteiger partial charge in [-0.05, 0) is 35.4 Å². The van der Waals surface area contributed by atoms with Gasteiger partial charge in [-0.15, -0.1) is 0 Å². The van der Waals surface area contributed by atoms with Crippen LogP contribution in [0.25, 0.3) is 6.08 Å². The number of nitrogens with one attached hydrogen (secondary N) is 1. The summed E-state index contributed by atoms with van der Waals surface area (Å²) in [5.74, 6) is -1.19.